The molecule has 1 aromatic heterocycles. The summed E-state index contributed by atoms with van der Waals surface area (Å²) >= 11 is 0. The number of carbonyl (C=O) groups is 1. The summed E-state index contributed by atoms with van der Waals surface area (Å²) in [5.74, 6) is 5.17. The van der Waals surface area contributed by atoms with Crippen LogP contribution in [0.3, 0.4) is 0 Å². The van der Waals surface area contributed by atoms with E-state index in [0.29, 0.717) is 5.56 Å². The first-order valence-corrected chi connectivity index (χ1v) is 16.2. The van der Waals surface area contributed by atoms with Crippen LogP contribution >= 0.6 is 7.60 Å². The molecular weight excluding hydrogens is 601 g/mol. The highest BCUT2D eigenvalue weighted by atomic mass is 31.2. The van der Waals surface area contributed by atoms with Gasteiger partial charge < -0.3 is 24.4 Å². The van der Waals surface area contributed by atoms with Gasteiger partial charge in [-0.25, -0.2) is 4.79 Å². The van der Waals surface area contributed by atoms with Gasteiger partial charge in [0, 0.05) is 25.5 Å². The van der Waals surface area contributed by atoms with Crippen molar-refractivity contribution in [2.75, 3.05) is 33.5 Å². The number of methoxy groups -OCH3 is 1. The molecule has 3 N–H and O–H groups in total. The molecule has 1 amide bonds. The molecule has 2 aliphatic rings. The van der Waals surface area contributed by atoms with Crippen LogP contribution in [0.25, 0.3) is 32.3 Å². The molecule has 2 unspecified atom stereocenters. The van der Waals surface area contributed by atoms with Gasteiger partial charge in [-0.15, -0.1) is 0 Å². The minimum absolute atomic E-state index is 0.0171. The maximum Gasteiger partial charge on any atom is 0.330 e. The van der Waals surface area contributed by atoms with Crippen molar-refractivity contribution >= 4 is 45.8 Å². The number of rotatable bonds is 7. The number of nitrogens with zero attached hydrogens (tertiary/aromatic N) is 1. The van der Waals surface area contributed by atoms with Crippen LogP contribution in [0.15, 0.2) is 70.4 Å². The van der Waals surface area contributed by atoms with Crippen LogP contribution in [0, 0.1) is 11.8 Å². The second kappa shape index (κ2) is 10.9. The van der Waals surface area contributed by atoms with E-state index in [1.807, 2.05) is 42.5 Å². The van der Waals surface area contributed by atoms with Gasteiger partial charge in [-0.1, -0.05) is 60.4 Å². The van der Waals surface area contributed by atoms with E-state index < -0.39 is 42.9 Å². The lowest BCUT2D eigenvalue weighted by atomic mass is 9.92. The van der Waals surface area contributed by atoms with E-state index in [4.69, 9.17) is 18.7 Å². The van der Waals surface area contributed by atoms with Crippen molar-refractivity contribution < 1.29 is 33.0 Å². The second-order valence-electron chi connectivity index (χ2n) is 11.3. The molecule has 0 aliphatic carbocycles. The summed E-state index contributed by atoms with van der Waals surface area (Å²) in [5.41, 5.74) is -2.30. The minimum atomic E-state index is -3.96. The Kier molecular flexibility index (Phi) is 7.13. The number of hydrogen-bond donors (Lipinski definition) is 3. The van der Waals surface area contributed by atoms with E-state index in [0.717, 1.165) is 43.5 Å². The maximum absolute atomic E-state index is 13.2. The molecule has 5 atom stereocenters. The third kappa shape index (κ3) is 5.04. The largest absolute Gasteiger partial charge is 0.381 e. The Bertz CT molecular complexity index is 2200. The van der Waals surface area contributed by atoms with Crippen molar-refractivity contribution in [3.63, 3.8) is 0 Å². The highest BCUT2D eigenvalue weighted by Gasteiger charge is 2.64. The number of aromatic nitrogens is 2. The van der Waals surface area contributed by atoms with E-state index >= 15 is 0 Å². The number of nitrogens with one attached hydrogen (secondary N) is 2. The highest BCUT2D eigenvalue weighted by molar-refractivity contribution is 7.51. The molecule has 2 bridgehead atoms. The average molecular weight is 630 g/mol. The highest BCUT2D eigenvalue weighted by Crippen LogP contribution is 2.52. The third-order valence-electron chi connectivity index (χ3n) is 8.25. The number of hydrogen-bond acceptors (Lipinski definition) is 8. The smallest absolute Gasteiger partial charge is 0.330 e. The molecule has 0 saturated carbocycles. The van der Waals surface area contributed by atoms with Crippen molar-refractivity contribution in [3.05, 3.63) is 92.8 Å². The van der Waals surface area contributed by atoms with Crippen molar-refractivity contribution in [2.45, 2.75) is 24.0 Å². The molecule has 12 nitrogen and oxygen atoms in total. The molecule has 4 aromatic carbocycles. The van der Waals surface area contributed by atoms with Gasteiger partial charge in [0.25, 0.3) is 11.5 Å². The van der Waals surface area contributed by atoms with Crippen LogP contribution in [-0.4, -0.2) is 71.7 Å². The van der Waals surface area contributed by atoms with Crippen molar-refractivity contribution in [2.24, 2.45) is 0 Å². The molecule has 5 aromatic rings. The fourth-order valence-electron chi connectivity index (χ4n) is 6.39. The number of ether oxygens (including phenoxy) is 3. The van der Waals surface area contributed by atoms with E-state index in [1.54, 1.807) is 6.07 Å². The zero-order valence-electron chi connectivity index (χ0n) is 24.2. The Morgan fingerprint density at radius 1 is 1.13 bits per heavy atom. The Hall–Kier alpha value is -4.34. The first-order chi connectivity index (χ1) is 21.6. The molecule has 0 radical (unpaired) electrons. The number of benzene rings is 4. The minimum Gasteiger partial charge on any atom is -0.381 e. The summed E-state index contributed by atoms with van der Waals surface area (Å²) in [6.45, 7) is 0.966. The van der Waals surface area contributed by atoms with E-state index in [2.05, 4.69) is 28.2 Å². The Labute approximate surface area is 255 Å². The zero-order chi connectivity index (χ0) is 31.5. The van der Waals surface area contributed by atoms with Crippen LogP contribution in [-0.2, 0) is 23.3 Å². The van der Waals surface area contributed by atoms with Gasteiger partial charge in [-0.3, -0.25) is 28.2 Å². The Morgan fingerprint density at radius 3 is 2.58 bits per heavy atom. The van der Waals surface area contributed by atoms with Crippen molar-refractivity contribution in [3.8, 4) is 11.8 Å². The van der Waals surface area contributed by atoms with Gasteiger partial charge in [0.1, 0.15) is 23.4 Å². The first-order valence-electron chi connectivity index (χ1n) is 14.1. The molecule has 13 heteroatoms. The van der Waals surface area contributed by atoms with Crippen LogP contribution < -0.4 is 16.6 Å². The van der Waals surface area contributed by atoms with Gasteiger partial charge in [0.05, 0.1) is 19.8 Å². The van der Waals surface area contributed by atoms with Crippen LogP contribution in [0.2, 0.25) is 0 Å². The zero-order valence-corrected chi connectivity index (χ0v) is 25.1. The first kappa shape index (κ1) is 29.4. The summed E-state index contributed by atoms with van der Waals surface area (Å²) in [4.78, 5) is 50.8. The number of fused-ring (bicyclic) bond motifs is 2. The van der Waals surface area contributed by atoms with Crippen LogP contribution in [0.5, 0.6) is 0 Å². The second-order valence-corrected chi connectivity index (χ2v) is 13.1. The quantitative estimate of drug-likeness (QED) is 0.140. The maximum atomic E-state index is 13.2. The lowest BCUT2D eigenvalue weighted by Crippen LogP contribution is -2.46. The summed E-state index contributed by atoms with van der Waals surface area (Å²) in [6.07, 6.45) is -1.81. The predicted molar refractivity (Wildman–Crippen MR) is 166 cm³/mol. The van der Waals surface area contributed by atoms with Crippen LogP contribution in [0.1, 0.15) is 22.1 Å². The van der Waals surface area contributed by atoms with Crippen LogP contribution in [0.4, 0.5) is 0 Å². The van der Waals surface area contributed by atoms with Crippen molar-refractivity contribution in [1.82, 2.24) is 14.9 Å². The standard InChI is InChI=1S/C32H28N3O9P/c1-41-16-32-17-42-26(27(32)44-45(2,39)40)30(43-32)35-15-21(28(36)34-31(35)38)7-4-14-33-29(37)23-13-11-20-9-8-18-5-3-6-19-10-12-22(23)25(20)24(18)19/h3,5-6,8-13,15,26-27,30H,14,16-17H2,1-2H3,(H,33,37)(H,39,40)(H,34,36,38)/t26?,27-,30-,32+/m1/s1. The molecular formula is C32H28N3O9P. The van der Waals surface area contributed by atoms with Gasteiger partial charge in [-0.05, 0) is 38.4 Å². The van der Waals surface area contributed by atoms with E-state index in [1.165, 1.54) is 13.3 Å². The summed E-state index contributed by atoms with van der Waals surface area (Å²) in [6, 6.07) is 17.9. The fraction of sp³-hybridized carbons (Fsp3) is 0.281. The fourth-order valence-corrected chi connectivity index (χ4v) is 7.12. The lowest BCUT2D eigenvalue weighted by Gasteiger charge is -2.31. The topological polar surface area (TPSA) is 158 Å². The normalized spacial score (nSPS) is 23.8. The number of amides is 1. The number of carbonyl (C=O) groups excluding carboxylic acids is 1. The third-order valence-corrected chi connectivity index (χ3v) is 8.87. The Balaban J connectivity index is 1.13. The monoisotopic (exact) mass is 629 g/mol. The predicted octanol–water partition coefficient (Wildman–Crippen LogP) is 2.73. The molecule has 45 heavy (non-hydrogen) atoms. The summed E-state index contributed by atoms with van der Waals surface area (Å²) < 4.78 is 35.8. The average Bonchev–Trinajstić information content (AvgIpc) is 3.48. The number of H-pyrrole nitrogens is 1. The summed E-state index contributed by atoms with van der Waals surface area (Å²) in [7, 11) is -2.53. The SMILES string of the molecule is COC[C@@]12COC([C@H](n3cc(C#CCNC(=O)c4ccc5ccc6cccc7ccc4c5c67)c(=O)[nH]c3=O)O1)[C@H]2OP(C)(=O)O. The van der Waals surface area contributed by atoms with E-state index in [9.17, 15) is 23.8 Å². The Morgan fingerprint density at radius 2 is 1.84 bits per heavy atom. The molecule has 2 saturated heterocycles. The van der Waals surface area contributed by atoms with Gasteiger partial charge in [0.2, 0.25) is 0 Å². The molecule has 3 heterocycles. The summed E-state index contributed by atoms with van der Waals surface area (Å²) in [5, 5.41) is 8.97. The van der Waals surface area contributed by atoms with E-state index in [-0.39, 0.29) is 31.2 Å². The van der Waals surface area contributed by atoms with Gasteiger partial charge in [0.15, 0.2) is 6.23 Å². The molecule has 7 rings (SSSR count). The van der Waals surface area contributed by atoms with Crippen molar-refractivity contribution in [1.29, 1.82) is 0 Å². The number of aromatic amines is 1. The van der Waals surface area contributed by atoms with Gasteiger partial charge >= 0.3 is 13.3 Å². The molecule has 0 spiro atoms. The molecule has 2 aliphatic heterocycles. The van der Waals surface area contributed by atoms with Gasteiger partial charge in [-0.2, -0.15) is 0 Å². The molecule has 230 valence electrons. The lowest BCUT2D eigenvalue weighted by molar-refractivity contribution is -0.190. The molecule has 2 fully saturated rings.